The minimum Gasteiger partial charge on any atom is -0.358 e. The third kappa shape index (κ3) is 2.48. The highest BCUT2D eigenvalue weighted by atomic mass is 32.1. The Morgan fingerprint density at radius 2 is 2.64 bits per heavy atom. The number of thiocarbonyl (C=S) groups is 1. The second-order valence-corrected chi connectivity index (χ2v) is 2.77. The predicted molar refractivity (Wildman–Crippen MR) is 50.1 cm³/mol. The fraction of sp³-hybridized carbons (Fsp3) is 0.571. The summed E-state index contributed by atoms with van der Waals surface area (Å²) >= 11 is 5.08. The summed E-state index contributed by atoms with van der Waals surface area (Å²) in [6.45, 7) is 6.36. The number of rotatable bonds is 2. The van der Waals surface area contributed by atoms with Gasteiger partial charge in [-0.05, 0) is 18.6 Å². The maximum atomic E-state index is 5.08. The smallest absolute Gasteiger partial charge is 0.183 e. The Labute approximate surface area is 72.4 Å². The zero-order valence-electron chi connectivity index (χ0n) is 6.47. The zero-order chi connectivity index (χ0) is 8.10. The van der Waals surface area contributed by atoms with Gasteiger partial charge in [0.25, 0.3) is 0 Å². The van der Waals surface area contributed by atoms with Gasteiger partial charge in [-0.1, -0.05) is 6.08 Å². The van der Waals surface area contributed by atoms with Crippen LogP contribution in [0, 0.1) is 0 Å². The average Bonchev–Trinajstić information content (AvgIpc) is 2.52. The van der Waals surface area contributed by atoms with E-state index in [0.717, 1.165) is 31.2 Å². The lowest BCUT2D eigenvalue weighted by molar-refractivity contribution is 0.398. The molecular weight excluding hydrogens is 158 g/mol. The van der Waals surface area contributed by atoms with E-state index in [2.05, 4.69) is 17.3 Å². The molecule has 1 aliphatic rings. The quantitative estimate of drug-likeness (QED) is 0.460. The Balaban J connectivity index is 2.22. The van der Waals surface area contributed by atoms with Crippen molar-refractivity contribution in [2.24, 2.45) is 0 Å². The molecule has 0 spiro atoms. The summed E-state index contributed by atoms with van der Waals surface area (Å²) in [6, 6.07) is 0. The van der Waals surface area contributed by atoms with Crippen LogP contribution in [0.5, 0.6) is 0 Å². The Hall–Kier alpha value is -0.610. The van der Waals surface area contributed by atoms with E-state index in [1.165, 1.54) is 0 Å². The molecule has 0 atom stereocenters. The van der Waals surface area contributed by atoms with Crippen LogP contribution < -0.4 is 10.7 Å². The molecule has 0 unspecified atom stereocenters. The minimum absolute atomic E-state index is 0.733. The molecule has 1 rings (SSSR count). The van der Waals surface area contributed by atoms with E-state index < -0.39 is 0 Å². The van der Waals surface area contributed by atoms with Gasteiger partial charge < -0.3 is 5.32 Å². The highest BCUT2D eigenvalue weighted by Gasteiger charge is 2.12. The SMILES string of the molecule is C=CCNC(=S)N1CCCN1. The first-order valence-corrected chi connectivity index (χ1v) is 4.15. The van der Waals surface area contributed by atoms with Gasteiger partial charge in [-0.15, -0.1) is 6.58 Å². The largest absolute Gasteiger partial charge is 0.358 e. The molecule has 1 heterocycles. The van der Waals surface area contributed by atoms with Crippen LogP contribution >= 0.6 is 12.2 Å². The highest BCUT2D eigenvalue weighted by Crippen LogP contribution is 1.95. The van der Waals surface area contributed by atoms with Crippen LogP contribution in [0.15, 0.2) is 12.7 Å². The van der Waals surface area contributed by atoms with Crippen molar-refractivity contribution in [1.29, 1.82) is 0 Å². The molecule has 1 fully saturated rings. The third-order valence-electron chi connectivity index (χ3n) is 1.50. The van der Waals surface area contributed by atoms with E-state index in [-0.39, 0.29) is 0 Å². The zero-order valence-corrected chi connectivity index (χ0v) is 7.28. The van der Waals surface area contributed by atoms with Crippen LogP contribution in [0.4, 0.5) is 0 Å². The Morgan fingerprint density at radius 3 is 3.18 bits per heavy atom. The van der Waals surface area contributed by atoms with Crippen molar-refractivity contribution in [1.82, 2.24) is 15.8 Å². The molecule has 1 aliphatic heterocycles. The van der Waals surface area contributed by atoms with E-state index in [4.69, 9.17) is 12.2 Å². The fourth-order valence-electron chi connectivity index (χ4n) is 0.959. The van der Waals surface area contributed by atoms with Crippen LogP contribution in [0.25, 0.3) is 0 Å². The summed E-state index contributed by atoms with van der Waals surface area (Å²) in [7, 11) is 0. The highest BCUT2D eigenvalue weighted by molar-refractivity contribution is 7.80. The van der Waals surface area contributed by atoms with Gasteiger partial charge in [0.2, 0.25) is 0 Å². The summed E-state index contributed by atoms with van der Waals surface area (Å²) in [5.41, 5.74) is 3.16. The van der Waals surface area contributed by atoms with Crippen LogP contribution in [0.3, 0.4) is 0 Å². The molecule has 0 aromatic heterocycles. The third-order valence-corrected chi connectivity index (χ3v) is 1.87. The first-order chi connectivity index (χ1) is 5.34. The van der Waals surface area contributed by atoms with Gasteiger partial charge in [-0.25, -0.2) is 5.43 Å². The van der Waals surface area contributed by atoms with Crippen LogP contribution in [0.2, 0.25) is 0 Å². The van der Waals surface area contributed by atoms with Crippen LogP contribution in [0.1, 0.15) is 6.42 Å². The van der Waals surface area contributed by atoms with Gasteiger partial charge in [0, 0.05) is 19.6 Å². The van der Waals surface area contributed by atoms with Gasteiger partial charge in [-0.2, -0.15) is 0 Å². The van der Waals surface area contributed by atoms with E-state index in [0.29, 0.717) is 0 Å². The van der Waals surface area contributed by atoms with E-state index >= 15 is 0 Å². The number of hydrogen-bond donors (Lipinski definition) is 2. The van der Waals surface area contributed by atoms with Crippen molar-refractivity contribution in [3.63, 3.8) is 0 Å². The first-order valence-electron chi connectivity index (χ1n) is 3.74. The molecule has 0 aromatic rings. The Morgan fingerprint density at radius 1 is 1.82 bits per heavy atom. The van der Waals surface area contributed by atoms with Gasteiger partial charge in [0.1, 0.15) is 0 Å². The predicted octanol–water partition coefficient (Wildman–Crippen LogP) is 0.257. The van der Waals surface area contributed by atoms with Crippen molar-refractivity contribution in [3.05, 3.63) is 12.7 Å². The van der Waals surface area contributed by atoms with Crippen LogP contribution in [-0.4, -0.2) is 29.8 Å². The van der Waals surface area contributed by atoms with Crippen molar-refractivity contribution >= 4 is 17.3 Å². The topological polar surface area (TPSA) is 27.3 Å². The van der Waals surface area contributed by atoms with Crippen molar-refractivity contribution in [2.75, 3.05) is 19.6 Å². The number of hydrazine groups is 1. The first kappa shape index (κ1) is 8.49. The Bertz CT molecular complexity index is 152. The second kappa shape index (κ2) is 4.31. The molecule has 3 nitrogen and oxygen atoms in total. The molecule has 0 bridgehead atoms. The number of nitrogens with zero attached hydrogens (tertiary/aromatic N) is 1. The summed E-state index contributed by atoms with van der Waals surface area (Å²) in [5, 5.41) is 5.77. The van der Waals surface area contributed by atoms with E-state index in [1.807, 2.05) is 5.01 Å². The number of nitrogens with one attached hydrogen (secondary N) is 2. The van der Waals surface area contributed by atoms with E-state index in [9.17, 15) is 0 Å². The normalized spacial score (nSPS) is 16.5. The van der Waals surface area contributed by atoms with Gasteiger partial charge in [-0.3, -0.25) is 5.01 Å². The lowest BCUT2D eigenvalue weighted by Gasteiger charge is -2.18. The molecule has 62 valence electrons. The fourth-order valence-corrected chi connectivity index (χ4v) is 1.20. The van der Waals surface area contributed by atoms with Crippen molar-refractivity contribution < 1.29 is 0 Å². The maximum absolute atomic E-state index is 5.08. The molecule has 0 amide bonds. The van der Waals surface area contributed by atoms with Gasteiger partial charge >= 0.3 is 0 Å². The van der Waals surface area contributed by atoms with Crippen LogP contribution in [-0.2, 0) is 0 Å². The lowest BCUT2D eigenvalue weighted by atomic mass is 10.5. The molecular formula is C7H13N3S. The molecule has 11 heavy (non-hydrogen) atoms. The molecule has 0 aromatic carbocycles. The molecule has 0 aliphatic carbocycles. The van der Waals surface area contributed by atoms with Gasteiger partial charge in [0.05, 0.1) is 0 Å². The monoisotopic (exact) mass is 171 g/mol. The maximum Gasteiger partial charge on any atom is 0.183 e. The molecule has 1 saturated heterocycles. The average molecular weight is 171 g/mol. The summed E-state index contributed by atoms with van der Waals surface area (Å²) in [5.74, 6) is 0. The lowest BCUT2D eigenvalue weighted by Crippen LogP contribution is -2.43. The standard InChI is InChI=1S/C7H13N3S/c1-2-4-8-7(11)10-6-3-5-9-10/h2,9H,1,3-6H2,(H,8,11). The second-order valence-electron chi connectivity index (χ2n) is 2.39. The molecule has 4 heteroatoms. The van der Waals surface area contributed by atoms with Gasteiger partial charge in [0.15, 0.2) is 5.11 Å². The summed E-state index contributed by atoms with van der Waals surface area (Å²) in [6.07, 6.45) is 2.96. The molecule has 0 radical (unpaired) electrons. The molecule has 2 N–H and O–H groups in total. The summed E-state index contributed by atoms with van der Waals surface area (Å²) < 4.78 is 0. The molecule has 0 saturated carbocycles. The van der Waals surface area contributed by atoms with Crippen molar-refractivity contribution in [3.8, 4) is 0 Å². The Kier molecular flexibility index (Phi) is 3.32. The van der Waals surface area contributed by atoms with E-state index in [1.54, 1.807) is 6.08 Å². The number of hydrogen-bond acceptors (Lipinski definition) is 2. The summed E-state index contributed by atoms with van der Waals surface area (Å²) in [4.78, 5) is 0. The van der Waals surface area contributed by atoms with Crippen molar-refractivity contribution in [2.45, 2.75) is 6.42 Å². The minimum atomic E-state index is 0.733.